The van der Waals surface area contributed by atoms with Crippen LogP contribution in [0.4, 0.5) is 10.5 Å². The number of H-pyrrole nitrogens is 1. The van der Waals surface area contributed by atoms with E-state index in [1.807, 2.05) is 30.5 Å². The van der Waals surface area contributed by atoms with Gasteiger partial charge in [0.15, 0.2) is 0 Å². The molecule has 0 bridgehead atoms. The number of nitrogens with one attached hydrogen (secondary N) is 2. The van der Waals surface area contributed by atoms with E-state index in [4.69, 9.17) is 14.2 Å². The number of hydrogen-bond acceptors (Lipinski definition) is 5. The van der Waals surface area contributed by atoms with Crippen molar-refractivity contribution in [3.05, 3.63) is 59.3 Å². The molecule has 3 aromatic rings. The Labute approximate surface area is 212 Å². The highest BCUT2D eigenvalue weighted by molar-refractivity contribution is 5.92. The molecule has 0 aliphatic heterocycles. The van der Waals surface area contributed by atoms with Crippen LogP contribution in [0.1, 0.15) is 79.8 Å². The Morgan fingerprint density at radius 1 is 1.03 bits per heavy atom. The lowest BCUT2D eigenvalue weighted by atomic mass is 9.84. The van der Waals surface area contributed by atoms with Crippen LogP contribution >= 0.6 is 0 Å². The van der Waals surface area contributed by atoms with Crippen molar-refractivity contribution in [2.75, 3.05) is 19.5 Å². The third kappa shape index (κ3) is 5.83. The first-order valence-electron chi connectivity index (χ1n) is 12.7. The Bertz CT molecular complexity index is 1210. The molecule has 36 heavy (non-hydrogen) atoms. The number of aromatic amines is 1. The van der Waals surface area contributed by atoms with E-state index < -0.39 is 12.1 Å². The lowest BCUT2D eigenvalue weighted by Gasteiger charge is -2.21. The molecule has 1 amide bonds. The summed E-state index contributed by atoms with van der Waals surface area (Å²) in [6, 6.07) is 11.3. The van der Waals surface area contributed by atoms with Gasteiger partial charge in [0.25, 0.3) is 0 Å². The zero-order valence-electron chi connectivity index (χ0n) is 21.6. The number of aromatic nitrogens is 1. The Balaban J connectivity index is 1.67. The predicted octanol–water partition coefficient (Wildman–Crippen LogP) is 7.02. The summed E-state index contributed by atoms with van der Waals surface area (Å²) in [5.74, 6) is 0.811. The van der Waals surface area contributed by atoms with E-state index in [0.717, 1.165) is 60.6 Å². The van der Waals surface area contributed by atoms with E-state index in [1.165, 1.54) is 7.11 Å². The van der Waals surface area contributed by atoms with Crippen molar-refractivity contribution < 1.29 is 23.8 Å². The van der Waals surface area contributed by atoms with Crippen molar-refractivity contribution in [1.29, 1.82) is 0 Å². The number of rotatable bonds is 9. The average Bonchev–Trinajstić information content (AvgIpc) is 3.53. The molecule has 2 N–H and O–H groups in total. The number of esters is 1. The summed E-state index contributed by atoms with van der Waals surface area (Å²) in [6.45, 7) is 4.42. The molecule has 1 fully saturated rings. The summed E-state index contributed by atoms with van der Waals surface area (Å²) in [6.07, 6.45) is 7.64. The van der Waals surface area contributed by atoms with Gasteiger partial charge in [-0.05, 0) is 73.9 Å². The van der Waals surface area contributed by atoms with Gasteiger partial charge in [0.1, 0.15) is 11.9 Å². The highest BCUT2D eigenvalue weighted by Crippen LogP contribution is 2.40. The van der Waals surface area contributed by atoms with Gasteiger partial charge in [0, 0.05) is 34.3 Å². The topological polar surface area (TPSA) is 89.7 Å². The number of hydrogen-bond donors (Lipinski definition) is 2. The van der Waals surface area contributed by atoms with Crippen LogP contribution in [0.2, 0.25) is 0 Å². The normalized spacial score (nSPS) is 14.7. The lowest BCUT2D eigenvalue weighted by Crippen LogP contribution is -2.20. The summed E-state index contributed by atoms with van der Waals surface area (Å²) in [4.78, 5) is 27.9. The van der Waals surface area contributed by atoms with Crippen LogP contribution in [-0.4, -0.2) is 37.4 Å². The van der Waals surface area contributed by atoms with Crippen molar-refractivity contribution in [3.63, 3.8) is 0 Å². The van der Waals surface area contributed by atoms with Crippen LogP contribution in [0.25, 0.3) is 10.9 Å². The minimum atomic E-state index is -0.408. The minimum absolute atomic E-state index is 0.0115. The molecule has 0 radical (unpaired) electrons. The fraction of sp³-hybridized carbons (Fsp3) is 0.448. The summed E-state index contributed by atoms with van der Waals surface area (Å²) in [7, 11) is 2.99. The molecule has 1 unspecified atom stereocenters. The van der Waals surface area contributed by atoms with Crippen LogP contribution in [0.3, 0.4) is 0 Å². The van der Waals surface area contributed by atoms with Gasteiger partial charge >= 0.3 is 12.1 Å². The first kappa shape index (κ1) is 25.6. The number of anilines is 1. The van der Waals surface area contributed by atoms with Gasteiger partial charge in [-0.15, -0.1) is 0 Å². The maximum Gasteiger partial charge on any atom is 0.411 e. The SMILES string of the molecule is COC(=O)c1ccc(C(CCC(C)C)c2c[nH]c3ccc(NC(=O)OC4CCCC4)cc23)c(OC)c1. The van der Waals surface area contributed by atoms with E-state index in [9.17, 15) is 9.59 Å². The molecule has 192 valence electrons. The van der Waals surface area contributed by atoms with Gasteiger partial charge in [0.2, 0.25) is 0 Å². The van der Waals surface area contributed by atoms with Crippen molar-refractivity contribution in [2.45, 2.75) is 64.4 Å². The number of carbonyl (C=O) groups excluding carboxylic acids is 2. The second kappa shape index (κ2) is 11.5. The second-order valence-electron chi connectivity index (χ2n) is 9.91. The summed E-state index contributed by atoms with van der Waals surface area (Å²) in [5, 5.41) is 3.93. The smallest absolute Gasteiger partial charge is 0.411 e. The number of carbonyl (C=O) groups is 2. The number of fused-ring (bicyclic) bond motifs is 1. The quantitative estimate of drug-likeness (QED) is 0.313. The van der Waals surface area contributed by atoms with E-state index in [2.05, 4.69) is 24.1 Å². The molecule has 7 nitrogen and oxygen atoms in total. The van der Waals surface area contributed by atoms with Gasteiger partial charge < -0.3 is 19.2 Å². The Morgan fingerprint density at radius 3 is 2.50 bits per heavy atom. The Kier molecular flexibility index (Phi) is 8.18. The monoisotopic (exact) mass is 492 g/mol. The number of ether oxygens (including phenoxy) is 3. The molecule has 1 heterocycles. The first-order chi connectivity index (χ1) is 17.4. The second-order valence-corrected chi connectivity index (χ2v) is 9.91. The zero-order chi connectivity index (χ0) is 25.7. The van der Waals surface area contributed by atoms with Crippen LogP contribution in [-0.2, 0) is 9.47 Å². The molecule has 2 aromatic carbocycles. The van der Waals surface area contributed by atoms with E-state index in [0.29, 0.717) is 22.9 Å². The van der Waals surface area contributed by atoms with Crippen LogP contribution < -0.4 is 10.1 Å². The molecule has 4 rings (SSSR count). The van der Waals surface area contributed by atoms with Gasteiger partial charge in [-0.1, -0.05) is 26.3 Å². The lowest BCUT2D eigenvalue weighted by molar-refractivity contribution is 0.0600. The van der Waals surface area contributed by atoms with Gasteiger partial charge in [-0.3, -0.25) is 5.32 Å². The molecule has 0 saturated heterocycles. The maximum atomic E-state index is 12.5. The van der Waals surface area contributed by atoms with E-state index in [1.54, 1.807) is 19.2 Å². The average molecular weight is 493 g/mol. The highest BCUT2D eigenvalue weighted by atomic mass is 16.6. The van der Waals surface area contributed by atoms with E-state index >= 15 is 0 Å². The van der Waals surface area contributed by atoms with Crippen molar-refractivity contribution in [2.24, 2.45) is 5.92 Å². The van der Waals surface area contributed by atoms with E-state index in [-0.39, 0.29) is 12.0 Å². The Hall–Kier alpha value is -3.48. The first-order valence-corrected chi connectivity index (χ1v) is 12.7. The van der Waals surface area contributed by atoms with Gasteiger partial charge in [-0.25, -0.2) is 9.59 Å². The van der Waals surface area contributed by atoms with Gasteiger partial charge in [0.05, 0.1) is 19.8 Å². The van der Waals surface area contributed by atoms with Crippen LogP contribution in [0.5, 0.6) is 5.75 Å². The molecule has 1 atom stereocenters. The molecular weight excluding hydrogens is 456 g/mol. The number of methoxy groups -OCH3 is 2. The zero-order valence-corrected chi connectivity index (χ0v) is 21.6. The molecular formula is C29H36N2O5. The van der Waals surface area contributed by atoms with Gasteiger partial charge in [-0.2, -0.15) is 0 Å². The maximum absolute atomic E-state index is 12.5. The predicted molar refractivity (Wildman–Crippen MR) is 141 cm³/mol. The summed E-state index contributed by atoms with van der Waals surface area (Å²) >= 11 is 0. The summed E-state index contributed by atoms with van der Waals surface area (Å²) in [5.41, 5.74) is 4.25. The van der Waals surface area contributed by atoms with Crippen molar-refractivity contribution in [3.8, 4) is 5.75 Å². The minimum Gasteiger partial charge on any atom is -0.496 e. The fourth-order valence-corrected chi connectivity index (χ4v) is 5.04. The van der Waals surface area contributed by atoms with Crippen LogP contribution in [0, 0.1) is 5.92 Å². The van der Waals surface area contributed by atoms with Crippen molar-refractivity contribution in [1.82, 2.24) is 4.98 Å². The fourth-order valence-electron chi connectivity index (χ4n) is 5.04. The molecule has 1 aromatic heterocycles. The Morgan fingerprint density at radius 2 is 1.81 bits per heavy atom. The number of benzene rings is 2. The largest absolute Gasteiger partial charge is 0.496 e. The molecule has 1 aliphatic rings. The highest BCUT2D eigenvalue weighted by Gasteiger charge is 2.24. The standard InChI is InChI=1S/C29H36N2O5/c1-18(2)9-12-22(23-13-10-19(28(32)35-4)15-27(23)34-3)25-17-30-26-14-11-20(16-24(25)26)31-29(33)36-21-7-5-6-8-21/h10-11,13-18,21-22,30H,5-9,12H2,1-4H3,(H,31,33). The summed E-state index contributed by atoms with van der Waals surface area (Å²) < 4.78 is 16.2. The third-order valence-electron chi connectivity index (χ3n) is 6.97. The third-order valence-corrected chi connectivity index (χ3v) is 6.97. The van der Waals surface area contributed by atoms with Crippen molar-refractivity contribution >= 4 is 28.7 Å². The molecule has 0 spiro atoms. The molecule has 1 aliphatic carbocycles. The molecule has 7 heteroatoms. The number of amides is 1. The molecule has 1 saturated carbocycles. The van der Waals surface area contributed by atoms with Crippen LogP contribution in [0.15, 0.2) is 42.6 Å².